The first-order valence-electron chi connectivity index (χ1n) is 8.92. The Labute approximate surface area is 158 Å². The van der Waals surface area contributed by atoms with Crippen LogP contribution in [-0.4, -0.2) is 40.7 Å². The van der Waals surface area contributed by atoms with E-state index in [0.717, 1.165) is 42.3 Å². The predicted molar refractivity (Wildman–Crippen MR) is 102 cm³/mol. The minimum absolute atomic E-state index is 0.168. The number of aromatic hydroxyl groups is 1. The van der Waals surface area contributed by atoms with Gasteiger partial charge >= 0.3 is 0 Å². The van der Waals surface area contributed by atoms with Gasteiger partial charge in [-0.05, 0) is 35.4 Å². The van der Waals surface area contributed by atoms with Gasteiger partial charge in [0.25, 0.3) is 0 Å². The van der Waals surface area contributed by atoms with E-state index in [2.05, 4.69) is 27.0 Å². The molecule has 6 heteroatoms. The average molecular weight is 365 g/mol. The van der Waals surface area contributed by atoms with E-state index in [0.29, 0.717) is 5.75 Å². The van der Waals surface area contributed by atoms with Crippen molar-refractivity contribution in [1.82, 2.24) is 14.9 Å². The maximum Gasteiger partial charge on any atom is 0.160 e. The van der Waals surface area contributed by atoms with Crippen molar-refractivity contribution >= 4 is 0 Å². The summed E-state index contributed by atoms with van der Waals surface area (Å²) in [5.74, 6) is 1.70. The summed E-state index contributed by atoms with van der Waals surface area (Å²) in [6.07, 6.45) is 1.77. The first kappa shape index (κ1) is 17.4. The van der Waals surface area contributed by atoms with Crippen molar-refractivity contribution in [3.8, 4) is 17.2 Å². The minimum atomic E-state index is 0.168. The van der Waals surface area contributed by atoms with E-state index in [-0.39, 0.29) is 11.7 Å². The summed E-state index contributed by atoms with van der Waals surface area (Å²) < 4.78 is 10.4. The van der Waals surface area contributed by atoms with E-state index in [1.54, 1.807) is 32.7 Å². The van der Waals surface area contributed by atoms with Crippen molar-refractivity contribution in [3.63, 3.8) is 0 Å². The molecule has 0 saturated heterocycles. The van der Waals surface area contributed by atoms with Crippen molar-refractivity contribution < 1.29 is 14.6 Å². The van der Waals surface area contributed by atoms with Gasteiger partial charge in [0.2, 0.25) is 0 Å². The Hall–Kier alpha value is -2.99. The molecule has 0 aliphatic carbocycles. The summed E-state index contributed by atoms with van der Waals surface area (Å²) in [4.78, 5) is 10.2. The molecule has 0 spiro atoms. The molecule has 1 atom stereocenters. The maximum absolute atomic E-state index is 10.1. The van der Waals surface area contributed by atoms with Crippen LogP contribution in [-0.2, 0) is 13.1 Å². The lowest BCUT2D eigenvalue weighted by Gasteiger charge is -2.32. The van der Waals surface area contributed by atoms with Crippen LogP contribution in [0, 0.1) is 0 Å². The van der Waals surface area contributed by atoms with Crippen LogP contribution in [0.2, 0.25) is 0 Å². The van der Waals surface area contributed by atoms with Crippen molar-refractivity contribution in [2.45, 2.75) is 19.0 Å². The number of aromatic nitrogens is 2. The van der Waals surface area contributed by atoms with Gasteiger partial charge in [-0.25, -0.2) is 4.98 Å². The zero-order valence-corrected chi connectivity index (χ0v) is 15.5. The molecule has 2 N–H and O–H groups in total. The Morgan fingerprint density at radius 3 is 2.67 bits per heavy atom. The van der Waals surface area contributed by atoms with E-state index in [1.165, 1.54) is 5.56 Å². The maximum atomic E-state index is 10.1. The van der Waals surface area contributed by atoms with Gasteiger partial charge in [-0.15, -0.1) is 0 Å². The molecule has 140 valence electrons. The number of benzene rings is 2. The van der Waals surface area contributed by atoms with Crippen LogP contribution >= 0.6 is 0 Å². The number of ether oxygens (including phenoxy) is 2. The molecule has 0 bridgehead atoms. The number of nitrogens with zero attached hydrogens (tertiary/aromatic N) is 2. The summed E-state index contributed by atoms with van der Waals surface area (Å²) in [6, 6.07) is 13.7. The molecule has 2 aromatic carbocycles. The Morgan fingerprint density at radius 1 is 1.15 bits per heavy atom. The molecular weight excluding hydrogens is 342 g/mol. The fraction of sp³-hybridized carbons (Fsp3) is 0.286. The number of phenols is 1. The fourth-order valence-corrected chi connectivity index (χ4v) is 3.70. The molecule has 0 amide bonds. The van der Waals surface area contributed by atoms with Gasteiger partial charge in [-0.2, -0.15) is 0 Å². The molecule has 0 saturated carbocycles. The molecule has 2 heterocycles. The molecule has 27 heavy (non-hydrogen) atoms. The number of hydrogen-bond donors (Lipinski definition) is 2. The highest BCUT2D eigenvalue weighted by atomic mass is 16.5. The van der Waals surface area contributed by atoms with Crippen LogP contribution in [0.3, 0.4) is 0 Å². The molecule has 1 aliphatic heterocycles. The second kappa shape index (κ2) is 7.32. The predicted octanol–water partition coefficient (Wildman–Crippen LogP) is 3.28. The lowest BCUT2D eigenvalue weighted by Crippen LogP contribution is -2.33. The fourth-order valence-electron chi connectivity index (χ4n) is 3.70. The topological polar surface area (TPSA) is 70.6 Å². The summed E-state index contributed by atoms with van der Waals surface area (Å²) in [5, 5.41) is 10.1. The van der Waals surface area contributed by atoms with Crippen molar-refractivity contribution in [2.75, 3.05) is 20.8 Å². The molecule has 0 fully saturated rings. The van der Waals surface area contributed by atoms with Crippen molar-refractivity contribution in [1.29, 1.82) is 0 Å². The van der Waals surface area contributed by atoms with Gasteiger partial charge in [0.15, 0.2) is 11.5 Å². The van der Waals surface area contributed by atoms with E-state index >= 15 is 0 Å². The first-order chi connectivity index (χ1) is 13.2. The molecule has 1 aliphatic rings. The van der Waals surface area contributed by atoms with E-state index in [9.17, 15) is 5.11 Å². The van der Waals surface area contributed by atoms with Gasteiger partial charge in [0.1, 0.15) is 5.75 Å². The van der Waals surface area contributed by atoms with E-state index < -0.39 is 0 Å². The number of imidazole rings is 1. The third-order valence-corrected chi connectivity index (χ3v) is 5.07. The normalized spacial score (nSPS) is 16.7. The standard InChI is InChI=1S/C21H23N3O3/c1-26-16-6-4-15(5-7-16)17-11-24(12-18-21(17)23-13-22-18)10-14-3-8-20(27-2)19(25)9-14/h3-9,13,17,25H,10-12H2,1-2H3,(H,22,23). The number of methoxy groups -OCH3 is 2. The number of hydrogen-bond acceptors (Lipinski definition) is 5. The van der Waals surface area contributed by atoms with Gasteiger partial charge in [0, 0.05) is 25.6 Å². The summed E-state index contributed by atoms with van der Waals surface area (Å²) in [6.45, 7) is 2.40. The third kappa shape index (κ3) is 3.48. The van der Waals surface area contributed by atoms with Crippen LogP contribution in [0.5, 0.6) is 17.2 Å². The van der Waals surface area contributed by atoms with Crippen LogP contribution in [0.25, 0.3) is 0 Å². The smallest absolute Gasteiger partial charge is 0.160 e. The minimum Gasteiger partial charge on any atom is -0.504 e. The number of phenolic OH excluding ortho intramolecular Hbond substituents is 1. The molecule has 3 aromatic rings. The molecular formula is C21H23N3O3. The van der Waals surface area contributed by atoms with Crippen LogP contribution in [0.15, 0.2) is 48.8 Å². The Bertz CT molecular complexity index is 921. The quantitative estimate of drug-likeness (QED) is 0.726. The third-order valence-electron chi connectivity index (χ3n) is 5.07. The number of H-pyrrole nitrogens is 1. The summed E-state index contributed by atoms with van der Waals surface area (Å²) in [5.41, 5.74) is 4.50. The summed E-state index contributed by atoms with van der Waals surface area (Å²) in [7, 11) is 3.23. The Balaban J connectivity index is 1.58. The highest BCUT2D eigenvalue weighted by Crippen LogP contribution is 2.34. The lowest BCUT2D eigenvalue weighted by atomic mass is 9.90. The molecule has 4 rings (SSSR count). The van der Waals surface area contributed by atoms with Gasteiger partial charge in [-0.1, -0.05) is 18.2 Å². The average Bonchev–Trinajstić information content (AvgIpc) is 3.16. The molecule has 1 unspecified atom stereocenters. The molecule has 6 nitrogen and oxygen atoms in total. The van der Waals surface area contributed by atoms with E-state index in [1.807, 2.05) is 18.2 Å². The largest absolute Gasteiger partial charge is 0.504 e. The van der Waals surface area contributed by atoms with Gasteiger partial charge in [0.05, 0.1) is 31.9 Å². The lowest BCUT2D eigenvalue weighted by molar-refractivity contribution is 0.227. The second-order valence-electron chi connectivity index (χ2n) is 6.77. The highest BCUT2D eigenvalue weighted by Gasteiger charge is 2.29. The molecule has 0 radical (unpaired) electrons. The monoisotopic (exact) mass is 365 g/mol. The second-order valence-corrected chi connectivity index (χ2v) is 6.77. The van der Waals surface area contributed by atoms with Gasteiger partial charge < -0.3 is 19.6 Å². The SMILES string of the molecule is COc1ccc(C2CN(Cc3ccc(OC)c(O)c3)Cc3[nH]cnc32)cc1. The molecule has 1 aromatic heterocycles. The zero-order chi connectivity index (χ0) is 18.8. The first-order valence-corrected chi connectivity index (χ1v) is 8.92. The van der Waals surface area contributed by atoms with E-state index in [4.69, 9.17) is 9.47 Å². The Morgan fingerprint density at radius 2 is 1.96 bits per heavy atom. The van der Waals surface area contributed by atoms with Crippen molar-refractivity contribution in [3.05, 3.63) is 71.3 Å². The number of aromatic amines is 1. The summed E-state index contributed by atoms with van der Waals surface area (Å²) >= 11 is 0. The van der Waals surface area contributed by atoms with Crippen LogP contribution in [0.4, 0.5) is 0 Å². The highest BCUT2D eigenvalue weighted by molar-refractivity contribution is 5.42. The van der Waals surface area contributed by atoms with Crippen LogP contribution < -0.4 is 9.47 Å². The zero-order valence-electron chi connectivity index (χ0n) is 15.5. The number of nitrogens with one attached hydrogen (secondary N) is 1. The van der Waals surface area contributed by atoms with Crippen LogP contribution in [0.1, 0.15) is 28.4 Å². The van der Waals surface area contributed by atoms with Gasteiger partial charge in [-0.3, -0.25) is 4.90 Å². The number of rotatable bonds is 5. The van der Waals surface area contributed by atoms with Crippen molar-refractivity contribution in [2.24, 2.45) is 0 Å². The number of fused-ring (bicyclic) bond motifs is 1. The Kier molecular flexibility index (Phi) is 4.73.